The number of aromatic nitrogens is 1. The highest BCUT2D eigenvalue weighted by Crippen LogP contribution is 2.27. The van der Waals surface area contributed by atoms with Gasteiger partial charge in [0.15, 0.2) is 5.58 Å². The van der Waals surface area contributed by atoms with Crippen molar-refractivity contribution in [2.75, 3.05) is 0 Å². The lowest BCUT2D eigenvalue weighted by molar-refractivity contribution is 0.482. The number of oxazole rings is 1. The molecule has 0 aliphatic rings. The molecule has 0 radical (unpaired) electrons. The van der Waals surface area contributed by atoms with Crippen molar-refractivity contribution in [1.82, 2.24) is 4.98 Å². The summed E-state index contributed by atoms with van der Waals surface area (Å²) >= 11 is 0. The van der Waals surface area contributed by atoms with Gasteiger partial charge in [-0.05, 0) is 48.5 Å². The van der Waals surface area contributed by atoms with E-state index in [-0.39, 0.29) is 0 Å². The number of hydrogen-bond donors (Lipinski definition) is 0. The highest BCUT2D eigenvalue weighted by Gasteiger charge is 2.07. The minimum absolute atomic E-state index is 0.618. The molecule has 0 N–H and O–H groups in total. The lowest BCUT2D eigenvalue weighted by atomic mass is 10.2. The van der Waals surface area contributed by atoms with Crippen LogP contribution in [0.15, 0.2) is 83.3 Å². The van der Waals surface area contributed by atoms with Crippen molar-refractivity contribution in [2.45, 2.75) is 0 Å². The van der Waals surface area contributed by atoms with Gasteiger partial charge in [-0.3, -0.25) is 0 Å². The molecular weight excluding hydrogens is 274 g/mol. The van der Waals surface area contributed by atoms with Gasteiger partial charge in [-0.1, -0.05) is 30.3 Å². The first-order valence-corrected chi connectivity index (χ1v) is 7.07. The molecule has 0 saturated carbocycles. The Labute approximate surface area is 127 Å². The zero-order valence-electron chi connectivity index (χ0n) is 11.8. The van der Waals surface area contributed by atoms with E-state index in [2.05, 4.69) is 4.98 Å². The Morgan fingerprint density at radius 2 is 1.36 bits per heavy atom. The summed E-state index contributed by atoms with van der Waals surface area (Å²) in [6.07, 6.45) is 0. The third kappa shape index (κ3) is 2.44. The molecule has 0 aliphatic carbocycles. The van der Waals surface area contributed by atoms with E-state index in [9.17, 15) is 0 Å². The molecule has 0 aliphatic heterocycles. The van der Waals surface area contributed by atoms with Crippen LogP contribution in [-0.4, -0.2) is 4.98 Å². The van der Waals surface area contributed by atoms with Gasteiger partial charge in [0.05, 0.1) is 0 Å². The molecule has 0 amide bonds. The van der Waals surface area contributed by atoms with Gasteiger partial charge >= 0.3 is 0 Å². The van der Waals surface area contributed by atoms with Crippen LogP contribution in [0.25, 0.3) is 22.6 Å². The fourth-order valence-corrected chi connectivity index (χ4v) is 2.29. The average Bonchev–Trinajstić information content (AvgIpc) is 3.00. The number of para-hydroxylation sites is 3. The van der Waals surface area contributed by atoms with Crippen molar-refractivity contribution in [3.63, 3.8) is 0 Å². The first-order chi connectivity index (χ1) is 10.9. The maximum atomic E-state index is 5.78. The monoisotopic (exact) mass is 287 g/mol. The molecule has 0 bridgehead atoms. The van der Waals surface area contributed by atoms with E-state index in [1.54, 1.807) is 0 Å². The molecule has 0 spiro atoms. The Hall–Kier alpha value is -3.07. The molecule has 3 aromatic carbocycles. The van der Waals surface area contributed by atoms with Crippen LogP contribution in [0, 0.1) is 0 Å². The van der Waals surface area contributed by atoms with Gasteiger partial charge in [-0.2, -0.15) is 0 Å². The molecular formula is C19H13NO2. The molecule has 4 aromatic rings. The van der Waals surface area contributed by atoms with Crippen molar-refractivity contribution in [3.8, 4) is 23.0 Å². The van der Waals surface area contributed by atoms with Crippen LogP contribution >= 0.6 is 0 Å². The normalized spacial score (nSPS) is 10.7. The van der Waals surface area contributed by atoms with E-state index < -0.39 is 0 Å². The first kappa shape index (κ1) is 12.7. The van der Waals surface area contributed by atoms with Gasteiger partial charge in [0.25, 0.3) is 0 Å². The van der Waals surface area contributed by atoms with Gasteiger partial charge in [0.2, 0.25) is 5.89 Å². The standard InChI is InChI=1S/C19H13NO2/c1-2-6-15(7-3-1)21-16-12-10-14(11-13-16)19-20-17-8-4-5-9-18(17)22-19/h1-13H. The van der Waals surface area contributed by atoms with Crippen molar-refractivity contribution in [3.05, 3.63) is 78.9 Å². The van der Waals surface area contributed by atoms with E-state index in [0.29, 0.717) is 5.89 Å². The van der Waals surface area contributed by atoms with Crippen LogP contribution in [0.5, 0.6) is 11.5 Å². The first-order valence-electron chi connectivity index (χ1n) is 7.07. The summed E-state index contributed by atoms with van der Waals surface area (Å²) in [4.78, 5) is 4.49. The molecule has 0 unspecified atom stereocenters. The van der Waals surface area contributed by atoms with Gasteiger partial charge in [-0.25, -0.2) is 4.98 Å². The van der Waals surface area contributed by atoms with Gasteiger partial charge in [-0.15, -0.1) is 0 Å². The van der Waals surface area contributed by atoms with Crippen molar-refractivity contribution in [2.24, 2.45) is 0 Å². The lowest BCUT2D eigenvalue weighted by Gasteiger charge is -2.05. The quantitative estimate of drug-likeness (QED) is 0.513. The molecule has 1 aromatic heterocycles. The second-order valence-electron chi connectivity index (χ2n) is 4.93. The Balaban J connectivity index is 1.61. The minimum Gasteiger partial charge on any atom is -0.457 e. The van der Waals surface area contributed by atoms with E-state index in [1.165, 1.54) is 0 Å². The van der Waals surface area contributed by atoms with Crippen molar-refractivity contribution < 1.29 is 9.15 Å². The number of ether oxygens (including phenoxy) is 1. The summed E-state index contributed by atoms with van der Waals surface area (Å²) in [5.41, 5.74) is 2.58. The second kappa shape index (κ2) is 5.37. The van der Waals surface area contributed by atoms with E-state index in [0.717, 1.165) is 28.2 Å². The SMILES string of the molecule is c1ccc(Oc2ccc(-c3nc4ccccc4o3)cc2)cc1. The van der Waals surface area contributed by atoms with Gasteiger partial charge in [0.1, 0.15) is 17.0 Å². The highest BCUT2D eigenvalue weighted by atomic mass is 16.5. The van der Waals surface area contributed by atoms with Crippen LogP contribution in [0.1, 0.15) is 0 Å². The molecule has 0 saturated heterocycles. The molecule has 106 valence electrons. The second-order valence-corrected chi connectivity index (χ2v) is 4.93. The Bertz CT molecular complexity index is 863. The maximum Gasteiger partial charge on any atom is 0.227 e. The molecule has 0 fully saturated rings. The smallest absolute Gasteiger partial charge is 0.227 e. The molecule has 3 heteroatoms. The van der Waals surface area contributed by atoms with E-state index in [4.69, 9.17) is 9.15 Å². The van der Waals surface area contributed by atoms with Gasteiger partial charge < -0.3 is 9.15 Å². The maximum absolute atomic E-state index is 5.78. The number of benzene rings is 3. The summed E-state index contributed by atoms with van der Waals surface area (Å²) in [6.45, 7) is 0. The summed E-state index contributed by atoms with van der Waals surface area (Å²) in [6, 6.07) is 25.2. The highest BCUT2D eigenvalue weighted by molar-refractivity contribution is 5.76. The largest absolute Gasteiger partial charge is 0.457 e. The molecule has 22 heavy (non-hydrogen) atoms. The number of nitrogens with zero attached hydrogens (tertiary/aromatic N) is 1. The zero-order valence-corrected chi connectivity index (χ0v) is 11.8. The predicted octanol–water partition coefficient (Wildman–Crippen LogP) is 5.29. The molecule has 0 atom stereocenters. The molecule has 1 heterocycles. The Kier molecular flexibility index (Phi) is 3.09. The summed E-state index contributed by atoms with van der Waals surface area (Å²) in [5.74, 6) is 2.22. The topological polar surface area (TPSA) is 35.3 Å². The number of rotatable bonds is 3. The van der Waals surface area contributed by atoms with Crippen LogP contribution in [-0.2, 0) is 0 Å². The van der Waals surface area contributed by atoms with E-state index >= 15 is 0 Å². The number of hydrogen-bond acceptors (Lipinski definition) is 3. The van der Waals surface area contributed by atoms with Crippen LogP contribution in [0.2, 0.25) is 0 Å². The fraction of sp³-hybridized carbons (Fsp3) is 0. The summed E-state index contributed by atoms with van der Waals surface area (Å²) in [5, 5.41) is 0. The Morgan fingerprint density at radius 1 is 0.682 bits per heavy atom. The third-order valence-corrected chi connectivity index (χ3v) is 3.37. The summed E-state index contributed by atoms with van der Waals surface area (Å²) < 4.78 is 11.5. The van der Waals surface area contributed by atoms with Crippen molar-refractivity contribution >= 4 is 11.1 Å². The molecule has 3 nitrogen and oxygen atoms in total. The number of fused-ring (bicyclic) bond motifs is 1. The summed E-state index contributed by atoms with van der Waals surface area (Å²) in [7, 11) is 0. The predicted molar refractivity (Wildman–Crippen MR) is 86.0 cm³/mol. The zero-order chi connectivity index (χ0) is 14.8. The Morgan fingerprint density at radius 3 is 2.14 bits per heavy atom. The minimum atomic E-state index is 0.618. The average molecular weight is 287 g/mol. The third-order valence-electron chi connectivity index (χ3n) is 3.37. The van der Waals surface area contributed by atoms with Crippen LogP contribution in [0.4, 0.5) is 0 Å². The lowest BCUT2D eigenvalue weighted by Crippen LogP contribution is -1.84. The molecule has 4 rings (SSSR count). The van der Waals surface area contributed by atoms with Crippen LogP contribution in [0.3, 0.4) is 0 Å². The van der Waals surface area contributed by atoms with Gasteiger partial charge in [0, 0.05) is 5.56 Å². The fourth-order valence-electron chi connectivity index (χ4n) is 2.29. The van der Waals surface area contributed by atoms with Crippen molar-refractivity contribution in [1.29, 1.82) is 0 Å². The van der Waals surface area contributed by atoms with Crippen LogP contribution < -0.4 is 4.74 Å². The van der Waals surface area contributed by atoms with E-state index in [1.807, 2.05) is 78.9 Å².